The number of aliphatic hydroxyl groups is 1. The SMILES string of the molecule is CC(O)C1(C)CC2=C(S1)c1ccc(OCCC3OCCCO3)cc1CC2. The molecule has 2 unspecified atom stereocenters. The average molecular weight is 377 g/mol. The van der Waals surface area contributed by atoms with E-state index in [9.17, 15) is 5.11 Å². The van der Waals surface area contributed by atoms with Crippen LogP contribution in [0.5, 0.6) is 5.75 Å². The third-order valence-corrected chi connectivity index (χ3v) is 7.30. The van der Waals surface area contributed by atoms with Crippen LogP contribution in [0.15, 0.2) is 23.8 Å². The third kappa shape index (κ3) is 3.68. The van der Waals surface area contributed by atoms with Crippen LogP contribution in [0.1, 0.15) is 50.7 Å². The quantitative estimate of drug-likeness (QED) is 0.836. The summed E-state index contributed by atoms with van der Waals surface area (Å²) in [5.74, 6) is 0.921. The molecule has 142 valence electrons. The molecule has 1 fully saturated rings. The molecule has 2 heterocycles. The normalized spacial score (nSPS) is 27.2. The van der Waals surface area contributed by atoms with Crippen molar-refractivity contribution in [3.05, 3.63) is 34.9 Å². The molecule has 2 atom stereocenters. The summed E-state index contributed by atoms with van der Waals surface area (Å²) in [7, 11) is 0. The fourth-order valence-electron chi connectivity index (χ4n) is 3.88. The third-order valence-electron chi connectivity index (χ3n) is 5.64. The number of rotatable bonds is 5. The Balaban J connectivity index is 1.40. The standard InChI is InChI=1S/C21H28O4S/c1-14(22)21(2)13-16-5-4-15-12-17(6-7-18(15)20(16)26-21)23-11-8-19-24-9-3-10-25-19/h6-7,12,14,19,22H,3-5,8-11,13H2,1-2H3. The van der Waals surface area contributed by atoms with Crippen LogP contribution in [0.25, 0.3) is 4.91 Å². The molecule has 0 spiro atoms. The summed E-state index contributed by atoms with van der Waals surface area (Å²) < 4.78 is 17.0. The Morgan fingerprint density at radius 3 is 2.88 bits per heavy atom. The van der Waals surface area contributed by atoms with Gasteiger partial charge in [0.15, 0.2) is 6.29 Å². The van der Waals surface area contributed by atoms with Gasteiger partial charge in [0.1, 0.15) is 5.75 Å². The van der Waals surface area contributed by atoms with Gasteiger partial charge in [0, 0.05) is 16.1 Å². The molecule has 4 nitrogen and oxygen atoms in total. The molecule has 0 saturated carbocycles. The van der Waals surface area contributed by atoms with Crippen molar-refractivity contribution in [2.45, 2.75) is 63.1 Å². The summed E-state index contributed by atoms with van der Waals surface area (Å²) >= 11 is 1.85. The Morgan fingerprint density at radius 1 is 1.31 bits per heavy atom. The average Bonchev–Trinajstić information content (AvgIpc) is 3.01. The van der Waals surface area contributed by atoms with Crippen LogP contribution >= 0.6 is 11.8 Å². The molecule has 1 aromatic rings. The Kier molecular flexibility index (Phi) is 5.33. The summed E-state index contributed by atoms with van der Waals surface area (Å²) in [5, 5.41) is 10.2. The van der Waals surface area contributed by atoms with Gasteiger partial charge in [0.2, 0.25) is 0 Å². The fourth-order valence-corrected chi connectivity index (χ4v) is 5.39. The lowest BCUT2D eigenvalue weighted by molar-refractivity contribution is -0.183. The second-order valence-electron chi connectivity index (χ2n) is 7.68. The first kappa shape index (κ1) is 18.4. The molecule has 2 aliphatic heterocycles. The molecule has 0 amide bonds. The summed E-state index contributed by atoms with van der Waals surface area (Å²) in [5.41, 5.74) is 4.19. The number of ether oxygens (including phenoxy) is 3. The molecule has 1 N–H and O–H groups in total. The van der Waals surface area contributed by atoms with Crippen molar-refractivity contribution in [1.82, 2.24) is 0 Å². The first-order valence-corrected chi connectivity index (χ1v) is 10.5. The number of benzene rings is 1. The summed E-state index contributed by atoms with van der Waals surface area (Å²) in [4.78, 5) is 1.38. The Bertz CT molecular complexity index is 693. The second kappa shape index (κ2) is 7.55. The van der Waals surface area contributed by atoms with Gasteiger partial charge in [-0.15, -0.1) is 11.8 Å². The van der Waals surface area contributed by atoms with Crippen LogP contribution in [0.2, 0.25) is 0 Å². The molecular formula is C21H28O4S. The number of fused-ring (bicyclic) bond motifs is 2. The number of aliphatic hydroxyl groups excluding tert-OH is 1. The van der Waals surface area contributed by atoms with E-state index in [4.69, 9.17) is 14.2 Å². The molecular weight excluding hydrogens is 348 g/mol. The van der Waals surface area contributed by atoms with Gasteiger partial charge >= 0.3 is 0 Å². The van der Waals surface area contributed by atoms with Gasteiger partial charge in [-0.2, -0.15) is 0 Å². The maximum atomic E-state index is 10.2. The minimum Gasteiger partial charge on any atom is -0.493 e. The lowest BCUT2D eigenvalue weighted by atomic mass is 9.86. The van der Waals surface area contributed by atoms with Crippen LogP contribution in [0.3, 0.4) is 0 Å². The first-order chi connectivity index (χ1) is 12.5. The van der Waals surface area contributed by atoms with Crippen molar-refractivity contribution in [3.63, 3.8) is 0 Å². The number of allylic oxidation sites excluding steroid dienone is 1. The molecule has 1 aliphatic carbocycles. The zero-order valence-electron chi connectivity index (χ0n) is 15.6. The van der Waals surface area contributed by atoms with Gasteiger partial charge in [0.05, 0.1) is 25.9 Å². The van der Waals surface area contributed by atoms with Crippen LogP contribution in [0, 0.1) is 0 Å². The first-order valence-electron chi connectivity index (χ1n) is 9.63. The Morgan fingerprint density at radius 2 is 2.12 bits per heavy atom. The highest BCUT2D eigenvalue weighted by Gasteiger charge is 2.41. The van der Waals surface area contributed by atoms with E-state index in [2.05, 4.69) is 25.1 Å². The minimum absolute atomic E-state index is 0.0958. The van der Waals surface area contributed by atoms with E-state index in [1.54, 1.807) is 0 Å². The molecule has 4 rings (SSSR count). The number of thioether (sulfide) groups is 1. The second-order valence-corrected chi connectivity index (χ2v) is 9.23. The van der Waals surface area contributed by atoms with Crippen molar-refractivity contribution in [2.75, 3.05) is 19.8 Å². The molecule has 1 aromatic carbocycles. The smallest absolute Gasteiger partial charge is 0.160 e. The van der Waals surface area contributed by atoms with Gasteiger partial charge < -0.3 is 19.3 Å². The molecule has 0 bridgehead atoms. The Labute approximate surface area is 159 Å². The van der Waals surface area contributed by atoms with Crippen LogP contribution in [-0.4, -0.2) is 42.1 Å². The summed E-state index contributed by atoms with van der Waals surface area (Å²) in [6.07, 6.45) is 4.43. The number of hydrogen-bond acceptors (Lipinski definition) is 5. The zero-order chi connectivity index (χ0) is 18.1. The maximum Gasteiger partial charge on any atom is 0.160 e. The van der Waals surface area contributed by atoms with E-state index in [-0.39, 0.29) is 17.1 Å². The van der Waals surface area contributed by atoms with Crippen molar-refractivity contribution in [3.8, 4) is 5.75 Å². The summed E-state index contributed by atoms with van der Waals surface area (Å²) in [6, 6.07) is 6.43. The van der Waals surface area contributed by atoms with Crippen molar-refractivity contribution in [2.24, 2.45) is 0 Å². The molecule has 0 aromatic heterocycles. The highest BCUT2D eigenvalue weighted by atomic mass is 32.2. The van der Waals surface area contributed by atoms with Crippen molar-refractivity contribution in [1.29, 1.82) is 0 Å². The lowest BCUT2D eigenvalue weighted by Crippen LogP contribution is -2.31. The molecule has 26 heavy (non-hydrogen) atoms. The van der Waals surface area contributed by atoms with E-state index in [1.165, 1.54) is 21.6 Å². The van der Waals surface area contributed by atoms with Gasteiger partial charge in [-0.25, -0.2) is 0 Å². The molecule has 3 aliphatic rings. The number of aryl methyl sites for hydroxylation is 1. The minimum atomic E-state index is -0.312. The van der Waals surface area contributed by atoms with E-state index in [0.717, 1.165) is 51.1 Å². The summed E-state index contributed by atoms with van der Waals surface area (Å²) in [6.45, 7) is 6.25. The lowest BCUT2D eigenvalue weighted by Gasteiger charge is -2.27. The topological polar surface area (TPSA) is 47.9 Å². The van der Waals surface area contributed by atoms with E-state index < -0.39 is 0 Å². The predicted octanol–water partition coefficient (Wildman–Crippen LogP) is 4.15. The molecule has 1 saturated heterocycles. The van der Waals surface area contributed by atoms with E-state index in [0.29, 0.717) is 6.61 Å². The highest BCUT2D eigenvalue weighted by molar-refractivity contribution is 8.09. The van der Waals surface area contributed by atoms with Crippen molar-refractivity contribution < 1.29 is 19.3 Å². The van der Waals surface area contributed by atoms with Gasteiger partial charge in [-0.05, 0) is 68.9 Å². The monoisotopic (exact) mass is 376 g/mol. The van der Waals surface area contributed by atoms with E-state index >= 15 is 0 Å². The number of hydrogen-bond donors (Lipinski definition) is 1. The molecule has 0 radical (unpaired) electrons. The largest absolute Gasteiger partial charge is 0.493 e. The van der Waals surface area contributed by atoms with Crippen LogP contribution in [-0.2, 0) is 15.9 Å². The maximum absolute atomic E-state index is 10.2. The predicted molar refractivity (Wildman–Crippen MR) is 104 cm³/mol. The van der Waals surface area contributed by atoms with Gasteiger partial charge in [-0.3, -0.25) is 0 Å². The highest BCUT2D eigenvalue weighted by Crippen LogP contribution is 2.55. The van der Waals surface area contributed by atoms with Gasteiger partial charge in [-0.1, -0.05) is 5.57 Å². The van der Waals surface area contributed by atoms with Crippen molar-refractivity contribution >= 4 is 16.7 Å². The van der Waals surface area contributed by atoms with E-state index in [1.807, 2.05) is 18.7 Å². The van der Waals surface area contributed by atoms with Crippen LogP contribution in [0.4, 0.5) is 0 Å². The zero-order valence-corrected chi connectivity index (χ0v) is 16.4. The fraction of sp³-hybridized carbons (Fsp3) is 0.619. The molecule has 5 heteroatoms. The van der Waals surface area contributed by atoms with Gasteiger partial charge in [0.25, 0.3) is 0 Å². The Hall–Kier alpha value is -1.01. The van der Waals surface area contributed by atoms with Crippen LogP contribution < -0.4 is 4.74 Å².